The molecule has 1 aliphatic rings. The van der Waals surface area contributed by atoms with Crippen LogP contribution >= 0.6 is 0 Å². The van der Waals surface area contributed by atoms with Crippen molar-refractivity contribution in [2.75, 3.05) is 18.6 Å². The van der Waals surface area contributed by atoms with Crippen LogP contribution in [0.3, 0.4) is 0 Å². The highest BCUT2D eigenvalue weighted by molar-refractivity contribution is 5.46. The highest BCUT2D eigenvalue weighted by Gasteiger charge is 2.18. The molecule has 0 atom stereocenters. The minimum absolute atomic E-state index is 0.878. The van der Waals surface area contributed by atoms with E-state index in [-0.39, 0.29) is 0 Å². The number of aromatic nitrogens is 2. The minimum Gasteiger partial charge on any atom is -0.497 e. The fourth-order valence-corrected chi connectivity index (χ4v) is 2.47. The molecule has 0 spiro atoms. The van der Waals surface area contributed by atoms with Crippen molar-refractivity contribution in [1.29, 1.82) is 0 Å². The van der Waals surface area contributed by atoms with Gasteiger partial charge in [-0.05, 0) is 36.6 Å². The van der Waals surface area contributed by atoms with Crippen LogP contribution in [0.5, 0.6) is 5.75 Å². The summed E-state index contributed by atoms with van der Waals surface area (Å²) < 4.78 is 5.30. The summed E-state index contributed by atoms with van der Waals surface area (Å²) in [6.07, 6.45) is 2.67. The molecule has 0 radical (unpaired) electrons. The summed E-state index contributed by atoms with van der Waals surface area (Å²) in [5.41, 5.74) is 3.73. The van der Waals surface area contributed by atoms with Crippen molar-refractivity contribution < 1.29 is 4.74 Å². The lowest BCUT2D eigenvalue weighted by atomic mass is 9.99. The van der Waals surface area contributed by atoms with E-state index in [9.17, 15) is 0 Å². The van der Waals surface area contributed by atoms with Gasteiger partial charge in [0.2, 0.25) is 0 Å². The predicted octanol–water partition coefficient (Wildman–Crippen LogP) is 2.36. The number of ether oxygens (including phenoxy) is 1. The molecule has 0 saturated carbocycles. The van der Waals surface area contributed by atoms with Gasteiger partial charge < -0.3 is 9.64 Å². The third-order valence-corrected chi connectivity index (χ3v) is 3.54. The standard InChI is InChI=1S/C15H17N3O/c1-11-7-15(17-10-16-11)18-6-5-12-3-4-14(19-2)8-13(12)9-18/h3-4,7-8,10H,5-6,9H2,1-2H3. The molecule has 0 unspecified atom stereocenters. The first kappa shape index (κ1) is 12.0. The number of aryl methyl sites for hydroxylation is 1. The minimum atomic E-state index is 0.878. The molecule has 19 heavy (non-hydrogen) atoms. The van der Waals surface area contributed by atoms with Crippen molar-refractivity contribution in [2.45, 2.75) is 19.9 Å². The van der Waals surface area contributed by atoms with Crippen molar-refractivity contribution in [3.8, 4) is 5.75 Å². The molecule has 1 aliphatic heterocycles. The summed E-state index contributed by atoms with van der Waals surface area (Å²) >= 11 is 0. The number of hydrogen-bond donors (Lipinski definition) is 0. The van der Waals surface area contributed by atoms with Gasteiger partial charge >= 0.3 is 0 Å². The van der Waals surface area contributed by atoms with Gasteiger partial charge in [0.25, 0.3) is 0 Å². The molecule has 98 valence electrons. The van der Waals surface area contributed by atoms with Crippen LogP contribution in [0.4, 0.5) is 5.82 Å². The molecule has 0 bridgehead atoms. The van der Waals surface area contributed by atoms with E-state index in [0.717, 1.165) is 36.8 Å². The van der Waals surface area contributed by atoms with Gasteiger partial charge in [0.05, 0.1) is 7.11 Å². The summed E-state index contributed by atoms with van der Waals surface area (Å²) in [6, 6.07) is 8.35. The number of benzene rings is 1. The number of hydrogen-bond acceptors (Lipinski definition) is 4. The number of anilines is 1. The third kappa shape index (κ3) is 2.38. The highest BCUT2D eigenvalue weighted by atomic mass is 16.5. The first-order chi connectivity index (χ1) is 9.26. The lowest BCUT2D eigenvalue weighted by Crippen LogP contribution is -2.31. The summed E-state index contributed by atoms with van der Waals surface area (Å²) in [5, 5.41) is 0. The molecule has 1 aromatic carbocycles. The second kappa shape index (κ2) is 4.88. The Kier molecular flexibility index (Phi) is 3.07. The first-order valence-electron chi connectivity index (χ1n) is 6.45. The van der Waals surface area contributed by atoms with E-state index >= 15 is 0 Å². The molecule has 4 heteroatoms. The second-order valence-electron chi connectivity index (χ2n) is 4.82. The number of fused-ring (bicyclic) bond motifs is 1. The van der Waals surface area contributed by atoms with Gasteiger partial charge in [0, 0.05) is 24.8 Å². The second-order valence-corrected chi connectivity index (χ2v) is 4.82. The summed E-state index contributed by atoms with van der Waals surface area (Å²) in [7, 11) is 1.70. The topological polar surface area (TPSA) is 38.2 Å². The lowest BCUT2D eigenvalue weighted by Gasteiger charge is -2.30. The van der Waals surface area contributed by atoms with Gasteiger partial charge in [-0.25, -0.2) is 9.97 Å². The Morgan fingerprint density at radius 3 is 2.84 bits per heavy atom. The highest BCUT2D eigenvalue weighted by Crippen LogP contribution is 2.26. The van der Waals surface area contributed by atoms with E-state index < -0.39 is 0 Å². The molecule has 0 fully saturated rings. The summed E-state index contributed by atoms with van der Waals surface area (Å²) in [6.45, 7) is 3.87. The fraction of sp³-hybridized carbons (Fsp3) is 0.333. The molecule has 0 amide bonds. The third-order valence-electron chi connectivity index (χ3n) is 3.54. The average Bonchev–Trinajstić information content (AvgIpc) is 2.46. The monoisotopic (exact) mass is 255 g/mol. The Morgan fingerprint density at radius 1 is 1.16 bits per heavy atom. The van der Waals surface area contributed by atoms with Gasteiger partial charge in [0.15, 0.2) is 0 Å². The maximum atomic E-state index is 5.30. The van der Waals surface area contributed by atoms with Crippen LogP contribution in [0.25, 0.3) is 0 Å². The van der Waals surface area contributed by atoms with E-state index in [4.69, 9.17) is 4.74 Å². The largest absolute Gasteiger partial charge is 0.497 e. The van der Waals surface area contributed by atoms with E-state index in [0.29, 0.717) is 0 Å². The molecule has 2 heterocycles. The molecular formula is C15H17N3O. The van der Waals surface area contributed by atoms with Crippen LogP contribution in [0.2, 0.25) is 0 Å². The van der Waals surface area contributed by atoms with Crippen molar-refractivity contribution in [3.63, 3.8) is 0 Å². The number of methoxy groups -OCH3 is 1. The molecule has 1 aromatic heterocycles. The van der Waals surface area contributed by atoms with Crippen LogP contribution in [0, 0.1) is 6.92 Å². The van der Waals surface area contributed by atoms with Crippen molar-refractivity contribution in [1.82, 2.24) is 9.97 Å². The van der Waals surface area contributed by atoms with Gasteiger partial charge in [-0.2, -0.15) is 0 Å². The van der Waals surface area contributed by atoms with Crippen LogP contribution in [0.1, 0.15) is 16.8 Å². The van der Waals surface area contributed by atoms with Crippen LogP contribution in [-0.4, -0.2) is 23.6 Å². The Bertz CT molecular complexity index is 598. The van der Waals surface area contributed by atoms with Gasteiger partial charge in [-0.15, -0.1) is 0 Å². The first-order valence-corrected chi connectivity index (χ1v) is 6.45. The Balaban J connectivity index is 1.88. The molecule has 2 aromatic rings. The molecule has 3 rings (SSSR count). The van der Waals surface area contributed by atoms with E-state index in [1.54, 1.807) is 13.4 Å². The average molecular weight is 255 g/mol. The quantitative estimate of drug-likeness (QED) is 0.825. The lowest BCUT2D eigenvalue weighted by molar-refractivity contribution is 0.413. The van der Waals surface area contributed by atoms with Gasteiger partial charge in [-0.1, -0.05) is 6.07 Å². The number of rotatable bonds is 2. The zero-order chi connectivity index (χ0) is 13.2. The van der Waals surface area contributed by atoms with Crippen molar-refractivity contribution in [3.05, 3.63) is 47.4 Å². The maximum Gasteiger partial charge on any atom is 0.132 e. The molecule has 0 N–H and O–H groups in total. The zero-order valence-electron chi connectivity index (χ0n) is 11.3. The van der Waals surface area contributed by atoms with Gasteiger partial charge in [0.1, 0.15) is 17.9 Å². The Labute approximate surface area is 113 Å². The smallest absolute Gasteiger partial charge is 0.132 e. The normalized spacial score (nSPS) is 14.1. The van der Waals surface area contributed by atoms with Crippen LogP contribution in [-0.2, 0) is 13.0 Å². The molecule has 4 nitrogen and oxygen atoms in total. The SMILES string of the molecule is COc1ccc2c(c1)CN(c1cc(C)ncn1)CC2. The Morgan fingerprint density at radius 2 is 2.05 bits per heavy atom. The zero-order valence-corrected chi connectivity index (χ0v) is 11.3. The molecule has 0 saturated heterocycles. The summed E-state index contributed by atoms with van der Waals surface area (Å²) in [4.78, 5) is 10.8. The predicted molar refractivity (Wildman–Crippen MR) is 74.5 cm³/mol. The van der Waals surface area contributed by atoms with E-state index in [1.807, 2.05) is 19.1 Å². The van der Waals surface area contributed by atoms with Crippen LogP contribution < -0.4 is 9.64 Å². The maximum absolute atomic E-state index is 5.30. The number of nitrogens with zero attached hydrogens (tertiary/aromatic N) is 3. The van der Waals surface area contributed by atoms with Crippen molar-refractivity contribution in [2.24, 2.45) is 0 Å². The van der Waals surface area contributed by atoms with Crippen LogP contribution in [0.15, 0.2) is 30.6 Å². The Hall–Kier alpha value is -2.10. The van der Waals surface area contributed by atoms with E-state index in [1.165, 1.54) is 11.1 Å². The fourth-order valence-electron chi connectivity index (χ4n) is 2.47. The molecular weight excluding hydrogens is 238 g/mol. The summed E-state index contributed by atoms with van der Waals surface area (Å²) in [5.74, 6) is 1.92. The van der Waals surface area contributed by atoms with E-state index in [2.05, 4.69) is 27.0 Å². The van der Waals surface area contributed by atoms with Crippen molar-refractivity contribution >= 4 is 5.82 Å². The molecule has 0 aliphatic carbocycles. The van der Waals surface area contributed by atoms with Gasteiger partial charge in [-0.3, -0.25) is 0 Å².